The number of aryl methyl sites for hydroxylation is 1. The molecule has 0 radical (unpaired) electrons. The number of nitrogens with one attached hydrogen (secondary N) is 1. The average Bonchev–Trinajstić information content (AvgIpc) is 3.37. The van der Waals surface area contributed by atoms with Crippen molar-refractivity contribution in [1.29, 1.82) is 0 Å². The van der Waals surface area contributed by atoms with Crippen molar-refractivity contribution in [2.24, 2.45) is 0 Å². The highest BCUT2D eigenvalue weighted by Gasteiger charge is 2.14. The Kier molecular flexibility index (Phi) is 6.06. The maximum atomic E-state index is 12.4. The number of carbonyl (C=O) groups is 1. The predicted molar refractivity (Wildman–Crippen MR) is 121 cm³/mol. The molecular formula is C22H22N2O4S2. The van der Waals surface area contributed by atoms with Gasteiger partial charge in [0.15, 0.2) is 18.1 Å². The first-order valence-electron chi connectivity index (χ1n) is 9.55. The smallest absolute Gasteiger partial charge is 0.258 e. The third-order valence-electron chi connectivity index (χ3n) is 4.54. The molecule has 30 heavy (non-hydrogen) atoms. The second kappa shape index (κ2) is 8.89. The number of methoxy groups -OCH3 is 1. The van der Waals surface area contributed by atoms with Crippen LogP contribution in [0.3, 0.4) is 0 Å². The molecule has 0 aliphatic heterocycles. The number of aromatic nitrogens is 1. The van der Waals surface area contributed by atoms with E-state index in [1.54, 1.807) is 29.8 Å². The topological polar surface area (TPSA) is 69.7 Å². The van der Waals surface area contributed by atoms with Crippen LogP contribution in [-0.2, 0) is 11.3 Å². The summed E-state index contributed by atoms with van der Waals surface area (Å²) in [6.07, 6.45) is 0. The van der Waals surface area contributed by atoms with Crippen molar-refractivity contribution < 1.29 is 19.0 Å². The molecule has 0 fully saturated rings. The number of rotatable bonds is 8. The van der Waals surface area contributed by atoms with Gasteiger partial charge in [-0.15, -0.1) is 22.7 Å². The zero-order valence-corrected chi connectivity index (χ0v) is 18.6. The molecule has 1 amide bonds. The van der Waals surface area contributed by atoms with Gasteiger partial charge in [-0.1, -0.05) is 6.07 Å². The van der Waals surface area contributed by atoms with Gasteiger partial charge in [0.05, 0.1) is 33.6 Å². The number of thiazole rings is 1. The van der Waals surface area contributed by atoms with Crippen LogP contribution in [0.25, 0.3) is 20.3 Å². The summed E-state index contributed by atoms with van der Waals surface area (Å²) >= 11 is 3.26. The van der Waals surface area contributed by atoms with Gasteiger partial charge in [-0.25, -0.2) is 4.98 Å². The summed E-state index contributed by atoms with van der Waals surface area (Å²) in [7, 11) is 1.60. The molecule has 6 nitrogen and oxygen atoms in total. The first-order chi connectivity index (χ1) is 14.6. The molecule has 0 saturated heterocycles. The normalized spacial score (nSPS) is 11.0. The van der Waals surface area contributed by atoms with E-state index in [0.29, 0.717) is 30.4 Å². The third kappa shape index (κ3) is 4.20. The van der Waals surface area contributed by atoms with Crippen molar-refractivity contribution in [3.8, 4) is 17.2 Å². The summed E-state index contributed by atoms with van der Waals surface area (Å²) < 4.78 is 18.9. The Bertz CT molecular complexity index is 1200. The van der Waals surface area contributed by atoms with E-state index >= 15 is 0 Å². The molecule has 2 aromatic heterocycles. The molecule has 0 saturated carbocycles. The zero-order chi connectivity index (χ0) is 21.1. The standard InChI is InChI=1S/C22H22N2O4S2/c1-4-27-16-6-5-14(9-18(16)26-3)11-23-20(25)12-28-17-10-19-21(24-13(2)30-19)22-15(17)7-8-29-22/h5-10H,4,11-12H2,1-3H3,(H,23,25). The van der Waals surface area contributed by atoms with Crippen LogP contribution in [0.1, 0.15) is 17.5 Å². The second-order valence-corrected chi connectivity index (χ2v) is 8.75. The molecule has 4 aromatic rings. The summed E-state index contributed by atoms with van der Waals surface area (Å²) in [6, 6.07) is 9.60. The number of ether oxygens (including phenoxy) is 3. The Labute approximate surface area is 182 Å². The van der Waals surface area contributed by atoms with Gasteiger partial charge in [0.2, 0.25) is 0 Å². The fourth-order valence-electron chi connectivity index (χ4n) is 3.20. The van der Waals surface area contributed by atoms with Gasteiger partial charge in [0.1, 0.15) is 5.75 Å². The number of thiophene rings is 1. The SMILES string of the molecule is CCOc1ccc(CNC(=O)COc2cc3sc(C)nc3c3sccc23)cc1OC. The van der Waals surface area contributed by atoms with E-state index in [1.807, 2.05) is 49.6 Å². The maximum absolute atomic E-state index is 12.4. The Hall–Kier alpha value is -2.84. The number of hydrogen-bond donors (Lipinski definition) is 1. The van der Waals surface area contributed by atoms with E-state index in [0.717, 1.165) is 30.9 Å². The van der Waals surface area contributed by atoms with Gasteiger partial charge in [-0.05, 0) is 43.0 Å². The number of amides is 1. The lowest BCUT2D eigenvalue weighted by Crippen LogP contribution is -2.28. The minimum atomic E-state index is -0.188. The number of fused-ring (bicyclic) bond motifs is 3. The Morgan fingerprint density at radius 1 is 1.13 bits per heavy atom. The minimum absolute atomic E-state index is 0.0532. The molecule has 0 atom stereocenters. The van der Waals surface area contributed by atoms with E-state index in [9.17, 15) is 4.79 Å². The van der Waals surface area contributed by atoms with E-state index in [4.69, 9.17) is 14.2 Å². The van der Waals surface area contributed by atoms with Crippen molar-refractivity contribution in [3.63, 3.8) is 0 Å². The predicted octanol–water partition coefficient (Wildman–Crippen LogP) is 4.92. The Balaban J connectivity index is 1.41. The molecule has 1 N–H and O–H groups in total. The molecule has 4 rings (SSSR count). The van der Waals surface area contributed by atoms with Gasteiger partial charge >= 0.3 is 0 Å². The average molecular weight is 443 g/mol. The van der Waals surface area contributed by atoms with E-state index in [2.05, 4.69) is 10.3 Å². The molecule has 2 aromatic carbocycles. The van der Waals surface area contributed by atoms with Crippen LogP contribution in [0.2, 0.25) is 0 Å². The highest BCUT2D eigenvalue weighted by atomic mass is 32.1. The zero-order valence-electron chi connectivity index (χ0n) is 17.0. The van der Waals surface area contributed by atoms with Crippen molar-refractivity contribution in [3.05, 3.63) is 46.3 Å². The summed E-state index contributed by atoms with van der Waals surface area (Å²) in [5.74, 6) is 1.85. The molecule has 156 valence electrons. The molecular weight excluding hydrogens is 420 g/mol. The van der Waals surface area contributed by atoms with Gasteiger partial charge in [0.25, 0.3) is 5.91 Å². The first kappa shape index (κ1) is 20.4. The van der Waals surface area contributed by atoms with Crippen LogP contribution in [0, 0.1) is 6.92 Å². The van der Waals surface area contributed by atoms with Gasteiger partial charge in [-0.2, -0.15) is 0 Å². The van der Waals surface area contributed by atoms with Gasteiger partial charge in [-0.3, -0.25) is 4.79 Å². The van der Waals surface area contributed by atoms with Crippen LogP contribution >= 0.6 is 22.7 Å². The van der Waals surface area contributed by atoms with E-state index < -0.39 is 0 Å². The summed E-state index contributed by atoms with van der Waals surface area (Å²) in [6.45, 7) is 4.81. The van der Waals surface area contributed by atoms with Crippen LogP contribution in [0.15, 0.2) is 35.7 Å². The quantitative estimate of drug-likeness (QED) is 0.419. The monoisotopic (exact) mass is 442 g/mol. The molecule has 2 heterocycles. The lowest BCUT2D eigenvalue weighted by Gasteiger charge is -2.12. The highest BCUT2D eigenvalue weighted by Crippen LogP contribution is 2.38. The molecule has 0 bridgehead atoms. The molecule has 8 heteroatoms. The van der Waals surface area contributed by atoms with Crippen LogP contribution in [-0.4, -0.2) is 31.2 Å². The van der Waals surface area contributed by atoms with Crippen LogP contribution in [0.5, 0.6) is 17.2 Å². The largest absolute Gasteiger partial charge is 0.493 e. The van der Waals surface area contributed by atoms with Crippen molar-refractivity contribution in [2.45, 2.75) is 20.4 Å². The summed E-state index contributed by atoms with van der Waals surface area (Å²) in [5, 5.41) is 6.91. The Morgan fingerprint density at radius 2 is 2.00 bits per heavy atom. The highest BCUT2D eigenvalue weighted by molar-refractivity contribution is 7.21. The number of benzene rings is 2. The molecule has 0 spiro atoms. The van der Waals surface area contributed by atoms with Crippen LogP contribution < -0.4 is 19.5 Å². The third-order valence-corrected chi connectivity index (χ3v) is 6.38. The minimum Gasteiger partial charge on any atom is -0.493 e. The lowest BCUT2D eigenvalue weighted by molar-refractivity contribution is -0.123. The van der Waals surface area contributed by atoms with Gasteiger partial charge in [0, 0.05) is 18.0 Å². The van der Waals surface area contributed by atoms with E-state index in [-0.39, 0.29) is 12.5 Å². The van der Waals surface area contributed by atoms with Crippen molar-refractivity contribution in [2.75, 3.05) is 20.3 Å². The fraction of sp³-hybridized carbons (Fsp3) is 0.273. The summed E-state index contributed by atoms with van der Waals surface area (Å²) in [4.78, 5) is 17.0. The van der Waals surface area contributed by atoms with Gasteiger partial charge < -0.3 is 19.5 Å². The second-order valence-electron chi connectivity index (χ2n) is 6.60. The summed E-state index contributed by atoms with van der Waals surface area (Å²) in [5.41, 5.74) is 1.93. The first-order valence-corrected chi connectivity index (χ1v) is 11.2. The number of hydrogen-bond acceptors (Lipinski definition) is 7. The van der Waals surface area contributed by atoms with Crippen molar-refractivity contribution in [1.82, 2.24) is 10.3 Å². The molecule has 0 unspecified atom stereocenters. The lowest BCUT2D eigenvalue weighted by atomic mass is 10.2. The Morgan fingerprint density at radius 3 is 2.80 bits per heavy atom. The molecule has 0 aliphatic carbocycles. The number of carbonyl (C=O) groups excluding carboxylic acids is 1. The van der Waals surface area contributed by atoms with E-state index in [1.165, 1.54) is 0 Å². The maximum Gasteiger partial charge on any atom is 0.258 e. The fourth-order valence-corrected chi connectivity index (χ4v) is 5.03. The number of nitrogens with zero attached hydrogens (tertiary/aromatic N) is 1. The molecule has 0 aliphatic rings. The van der Waals surface area contributed by atoms with Crippen LogP contribution in [0.4, 0.5) is 0 Å². The van der Waals surface area contributed by atoms with Crippen molar-refractivity contribution >= 4 is 48.9 Å².